The summed E-state index contributed by atoms with van der Waals surface area (Å²) in [5, 5.41) is 1.80. The summed E-state index contributed by atoms with van der Waals surface area (Å²) in [6.45, 7) is 1.64. The van der Waals surface area contributed by atoms with Crippen LogP contribution in [0.3, 0.4) is 0 Å². The van der Waals surface area contributed by atoms with E-state index in [2.05, 4.69) is 4.98 Å². The van der Waals surface area contributed by atoms with Crippen LogP contribution in [-0.2, 0) is 4.79 Å². The molecule has 0 bridgehead atoms. The standard InChI is InChI=1S/C7H7F2N3O2S/c1-3-11-4(2-15-3)6(13)12(10)7(14)5(8)9/h2,5H,10H2,1H3. The van der Waals surface area contributed by atoms with Gasteiger partial charge in [-0.15, -0.1) is 11.3 Å². The molecule has 0 saturated carbocycles. The van der Waals surface area contributed by atoms with E-state index in [9.17, 15) is 18.4 Å². The second-order valence-electron chi connectivity index (χ2n) is 2.57. The van der Waals surface area contributed by atoms with Crippen molar-refractivity contribution in [2.45, 2.75) is 13.3 Å². The number of imide groups is 1. The average Bonchev–Trinajstić information content (AvgIpc) is 2.61. The molecule has 1 heterocycles. The van der Waals surface area contributed by atoms with Crippen LogP contribution in [0.2, 0.25) is 0 Å². The van der Waals surface area contributed by atoms with E-state index in [0.29, 0.717) is 5.01 Å². The van der Waals surface area contributed by atoms with Gasteiger partial charge in [-0.25, -0.2) is 15.8 Å². The zero-order valence-electron chi connectivity index (χ0n) is 7.61. The van der Waals surface area contributed by atoms with Crippen molar-refractivity contribution in [1.82, 2.24) is 9.99 Å². The van der Waals surface area contributed by atoms with Crippen LogP contribution < -0.4 is 5.84 Å². The Balaban J connectivity index is 2.82. The number of carbonyl (C=O) groups is 2. The number of carbonyl (C=O) groups excluding carboxylic acids is 2. The van der Waals surface area contributed by atoms with E-state index in [0.717, 1.165) is 11.3 Å². The van der Waals surface area contributed by atoms with Crippen molar-refractivity contribution in [3.05, 3.63) is 16.1 Å². The number of halogens is 2. The van der Waals surface area contributed by atoms with Crippen molar-refractivity contribution in [2.24, 2.45) is 5.84 Å². The molecule has 1 rings (SSSR count). The number of alkyl halides is 2. The Hall–Kier alpha value is -1.41. The lowest BCUT2D eigenvalue weighted by Gasteiger charge is -2.11. The van der Waals surface area contributed by atoms with Crippen LogP contribution in [0.1, 0.15) is 15.5 Å². The minimum absolute atomic E-state index is 0.117. The fourth-order valence-corrected chi connectivity index (χ4v) is 1.38. The molecular weight excluding hydrogens is 228 g/mol. The zero-order chi connectivity index (χ0) is 11.6. The lowest BCUT2D eigenvalue weighted by Crippen LogP contribution is -2.45. The molecule has 0 radical (unpaired) electrons. The van der Waals surface area contributed by atoms with Crippen LogP contribution >= 0.6 is 11.3 Å². The first-order chi connectivity index (χ1) is 6.93. The minimum atomic E-state index is -3.31. The molecule has 0 spiro atoms. The fourth-order valence-electron chi connectivity index (χ4n) is 0.790. The fraction of sp³-hybridized carbons (Fsp3) is 0.286. The number of hydrogen-bond acceptors (Lipinski definition) is 5. The summed E-state index contributed by atoms with van der Waals surface area (Å²) >= 11 is 1.16. The Morgan fingerprint density at radius 3 is 2.60 bits per heavy atom. The largest absolute Gasteiger partial charge is 0.317 e. The van der Waals surface area contributed by atoms with Crippen LogP contribution in [-0.4, -0.2) is 28.2 Å². The number of thiazole rings is 1. The van der Waals surface area contributed by atoms with Gasteiger partial charge in [0.2, 0.25) is 0 Å². The van der Waals surface area contributed by atoms with E-state index < -0.39 is 18.2 Å². The van der Waals surface area contributed by atoms with E-state index in [1.54, 1.807) is 6.92 Å². The van der Waals surface area contributed by atoms with Gasteiger partial charge in [0.15, 0.2) is 0 Å². The Bertz CT molecular complexity index is 393. The summed E-state index contributed by atoms with van der Waals surface area (Å²) in [6.07, 6.45) is -3.31. The van der Waals surface area contributed by atoms with Crippen molar-refractivity contribution in [1.29, 1.82) is 0 Å². The first-order valence-electron chi connectivity index (χ1n) is 3.76. The Labute approximate surface area is 87.5 Å². The van der Waals surface area contributed by atoms with Gasteiger partial charge in [-0.2, -0.15) is 8.78 Å². The summed E-state index contributed by atoms with van der Waals surface area (Å²) in [6, 6.07) is 0. The summed E-state index contributed by atoms with van der Waals surface area (Å²) < 4.78 is 23.8. The average molecular weight is 235 g/mol. The van der Waals surface area contributed by atoms with Crippen LogP contribution in [0.4, 0.5) is 8.78 Å². The number of amides is 2. The molecule has 1 aromatic heterocycles. The Kier molecular flexibility index (Phi) is 3.43. The van der Waals surface area contributed by atoms with Crippen LogP contribution in [0, 0.1) is 6.92 Å². The third kappa shape index (κ3) is 2.54. The van der Waals surface area contributed by atoms with Crippen molar-refractivity contribution < 1.29 is 18.4 Å². The molecule has 0 aliphatic heterocycles. The van der Waals surface area contributed by atoms with E-state index in [1.165, 1.54) is 5.38 Å². The predicted octanol–water partition coefficient (Wildman–Crippen LogP) is 0.559. The summed E-state index contributed by atoms with van der Waals surface area (Å²) in [7, 11) is 0. The Morgan fingerprint density at radius 2 is 2.20 bits per heavy atom. The van der Waals surface area contributed by atoms with Gasteiger partial charge in [0.25, 0.3) is 5.91 Å². The predicted molar refractivity (Wildman–Crippen MR) is 48.2 cm³/mol. The smallest absolute Gasteiger partial charge is 0.266 e. The summed E-state index contributed by atoms with van der Waals surface area (Å²) in [5.74, 6) is 2.14. The molecule has 2 N–H and O–H groups in total. The van der Waals surface area contributed by atoms with E-state index >= 15 is 0 Å². The van der Waals surface area contributed by atoms with Crippen molar-refractivity contribution >= 4 is 23.2 Å². The summed E-state index contributed by atoms with van der Waals surface area (Å²) in [4.78, 5) is 25.7. The van der Waals surface area contributed by atoms with Gasteiger partial charge in [0.1, 0.15) is 5.69 Å². The molecule has 0 aliphatic carbocycles. The SMILES string of the molecule is Cc1nc(C(=O)N(N)C(=O)C(F)F)cs1. The van der Waals surface area contributed by atoms with Gasteiger partial charge in [0.05, 0.1) is 5.01 Å². The molecule has 0 fully saturated rings. The maximum Gasteiger partial charge on any atom is 0.317 e. The first-order valence-corrected chi connectivity index (χ1v) is 4.64. The van der Waals surface area contributed by atoms with E-state index in [-0.39, 0.29) is 10.7 Å². The number of rotatable bonds is 2. The highest BCUT2D eigenvalue weighted by Crippen LogP contribution is 2.10. The third-order valence-corrected chi connectivity index (χ3v) is 2.25. The second kappa shape index (κ2) is 4.41. The molecule has 2 amide bonds. The van der Waals surface area contributed by atoms with E-state index in [4.69, 9.17) is 5.84 Å². The van der Waals surface area contributed by atoms with Crippen LogP contribution in [0.15, 0.2) is 5.38 Å². The van der Waals surface area contributed by atoms with Crippen LogP contribution in [0.5, 0.6) is 0 Å². The topological polar surface area (TPSA) is 76.3 Å². The van der Waals surface area contributed by atoms with Gasteiger partial charge in [-0.3, -0.25) is 9.59 Å². The zero-order valence-corrected chi connectivity index (χ0v) is 8.42. The minimum Gasteiger partial charge on any atom is -0.266 e. The second-order valence-corrected chi connectivity index (χ2v) is 3.63. The maximum absolute atomic E-state index is 11.9. The maximum atomic E-state index is 11.9. The molecule has 82 valence electrons. The van der Waals surface area contributed by atoms with Gasteiger partial charge < -0.3 is 0 Å². The molecule has 1 aromatic rings. The third-order valence-electron chi connectivity index (χ3n) is 1.48. The van der Waals surface area contributed by atoms with Crippen molar-refractivity contribution in [3.8, 4) is 0 Å². The van der Waals surface area contributed by atoms with E-state index in [1.807, 2.05) is 0 Å². The molecule has 0 atom stereocenters. The molecule has 15 heavy (non-hydrogen) atoms. The number of nitrogens with zero attached hydrogens (tertiary/aromatic N) is 2. The molecule has 8 heteroatoms. The van der Waals surface area contributed by atoms with Crippen molar-refractivity contribution in [3.63, 3.8) is 0 Å². The first kappa shape index (κ1) is 11.7. The van der Waals surface area contributed by atoms with Gasteiger partial charge in [-0.05, 0) is 6.92 Å². The highest BCUT2D eigenvalue weighted by atomic mass is 32.1. The van der Waals surface area contributed by atoms with Gasteiger partial charge in [-0.1, -0.05) is 0 Å². The number of aryl methyl sites for hydroxylation is 1. The number of aromatic nitrogens is 1. The van der Waals surface area contributed by atoms with Gasteiger partial charge >= 0.3 is 12.3 Å². The Morgan fingerprint density at radius 1 is 1.60 bits per heavy atom. The molecule has 5 nitrogen and oxygen atoms in total. The highest BCUT2D eigenvalue weighted by molar-refractivity contribution is 7.09. The summed E-state index contributed by atoms with van der Waals surface area (Å²) in [5.41, 5.74) is -0.117. The lowest BCUT2D eigenvalue weighted by atomic mass is 10.4. The number of hydrazine groups is 1. The lowest BCUT2D eigenvalue weighted by molar-refractivity contribution is -0.140. The number of nitrogens with two attached hydrogens (primary N) is 1. The normalized spacial score (nSPS) is 10.5. The molecule has 0 aromatic carbocycles. The quantitative estimate of drug-likeness (QED) is 0.461. The molecule has 0 saturated heterocycles. The highest BCUT2D eigenvalue weighted by Gasteiger charge is 2.28. The molecule has 0 aliphatic rings. The van der Waals surface area contributed by atoms with Gasteiger partial charge in [0, 0.05) is 5.38 Å². The molecular formula is C7H7F2N3O2S. The monoisotopic (exact) mass is 235 g/mol. The molecule has 0 unspecified atom stereocenters. The van der Waals surface area contributed by atoms with Crippen LogP contribution in [0.25, 0.3) is 0 Å². The van der Waals surface area contributed by atoms with Crippen molar-refractivity contribution in [2.75, 3.05) is 0 Å². The number of hydrogen-bond donors (Lipinski definition) is 1.